The second-order valence-electron chi connectivity index (χ2n) is 5.15. The van der Waals surface area contributed by atoms with E-state index in [0.717, 1.165) is 17.9 Å². The molecule has 0 aromatic carbocycles. The molecule has 2 rings (SSSR count). The summed E-state index contributed by atoms with van der Waals surface area (Å²) in [5, 5.41) is 7.08. The van der Waals surface area contributed by atoms with Crippen LogP contribution in [0.25, 0.3) is 5.82 Å². The highest BCUT2D eigenvalue weighted by Gasteiger charge is 2.11. The summed E-state index contributed by atoms with van der Waals surface area (Å²) in [6.07, 6.45) is 8.18. The van der Waals surface area contributed by atoms with Crippen LogP contribution < -0.4 is 10.6 Å². The van der Waals surface area contributed by atoms with E-state index in [1.807, 2.05) is 22.9 Å². The third kappa shape index (κ3) is 4.26. The third-order valence-electron chi connectivity index (χ3n) is 3.63. The predicted molar refractivity (Wildman–Crippen MR) is 89.6 cm³/mol. The Kier molecular flexibility index (Phi) is 5.27. The molecule has 0 amide bonds. The lowest BCUT2D eigenvalue weighted by Gasteiger charge is -2.21. The lowest BCUT2D eigenvalue weighted by molar-refractivity contribution is 0.439. The molecule has 0 aliphatic heterocycles. The lowest BCUT2D eigenvalue weighted by Crippen LogP contribution is -2.39. The van der Waals surface area contributed by atoms with Gasteiger partial charge in [-0.2, -0.15) is 0 Å². The minimum Gasteiger partial charge on any atom is -0.360 e. The van der Waals surface area contributed by atoms with Crippen LogP contribution in [0.3, 0.4) is 0 Å². The number of hydrogen-bond donors (Lipinski definition) is 2. The number of hydrogen-bond acceptors (Lipinski definition) is 3. The number of rotatable bonds is 5. The smallest absolute Gasteiger partial charge is 0.171 e. The molecular weight excluding hydrogens is 282 g/mol. The van der Waals surface area contributed by atoms with Gasteiger partial charge in [-0.05, 0) is 37.2 Å². The maximum atomic E-state index is 5.33. The summed E-state index contributed by atoms with van der Waals surface area (Å²) in [7, 11) is 0. The second kappa shape index (κ2) is 7.17. The highest BCUT2D eigenvalue weighted by molar-refractivity contribution is 7.80. The molecule has 6 heteroatoms. The quantitative estimate of drug-likeness (QED) is 0.832. The molecule has 0 aliphatic rings. The van der Waals surface area contributed by atoms with Crippen molar-refractivity contribution in [2.45, 2.75) is 33.2 Å². The van der Waals surface area contributed by atoms with Crippen molar-refractivity contribution in [1.29, 1.82) is 0 Å². The molecule has 0 radical (unpaired) electrons. The van der Waals surface area contributed by atoms with E-state index in [4.69, 9.17) is 12.2 Å². The Bertz CT molecular complexity index is 564. The number of anilines is 1. The van der Waals surface area contributed by atoms with E-state index in [1.54, 1.807) is 18.7 Å². The SMILES string of the molecule is CCC(C)C(C)NC(=S)Nc1ccc(-n2ccnc2)nc1. The first-order valence-corrected chi connectivity index (χ1v) is 7.53. The molecule has 0 bridgehead atoms. The largest absolute Gasteiger partial charge is 0.360 e. The Labute approximate surface area is 130 Å². The Hall–Kier alpha value is -1.95. The normalized spacial score (nSPS) is 13.5. The van der Waals surface area contributed by atoms with Crippen molar-refractivity contribution in [1.82, 2.24) is 19.9 Å². The molecule has 2 heterocycles. The molecular formula is C15H21N5S. The number of thiocarbonyl (C=S) groups is 1. The van der Waals surface area contributed by atoms with Gasteiger partial charge in [0.1, 0.15) is 12.1 Å². The molecule has 112 valence electrons. The van der Waals surface area contributed by atoms with E-state index in [-0.39, 0.29) is 0 Å². The summed E-state index contributed by atoms with van der Waals surface area (Å²) in [5.74, 6) is 1.40. The first kappa shape index (κ1) is 15.4. The molecule has 2 aromatic rings. The van der Waals surface area contributed by atoms with Crippen LogP contribution in [0.1, 0.15) is 27.2 Å². The van der Waals surface area contributed by atoms with Gasteiger partial charge in [-0.25, -0.2) is 9.97 Å². The van der Waals surface area contributed by atoms with Crippen LogP contribution in [0.5, 0.6) is 0 Å². The number of nitrogens with one attached hydrogen (secondary N) is 2. The topological polar surface area (TPSA) is 54.8 Å². The molecule has 2 atom stereocenters. The standard InChI is InChI=1S/C15H21N5S/c1-4-11(2)12(3)18-15(21)19-13-5-6-14(17-9-13)20-8-7-16-10-20/h5-12H,4H2,1-3H3,(H2,18,19,21). The Balaban J connectivity index is 1.93. The Morgan fingerprint density at radius 1 is 1.38 bits per heavy atom. The molecule has 2 N–H and O–H groups in total. The zero-order valence-electron chi connectivity index (χ0n) is 12.6. The fourth-order valence-electron chi connectivity index (χ4n) is 1.88. The van der Waals surface area contributed by atoms with Crippen LogP contribution in [0.15, 0.2) is 37.1 Å². The number of imidazole rings is 1. The van der Waals surface area contributed by atoms with Gasteiger partial charge >= 0.3 is 0 Å². The number of pyridine rings is 1. The van der Waals surface area contributed by atoms with Crippen LogP contribution in [-0.4, -0.2) is 25.7 Å². The minimum atomic E-state index is 0.341. The van der Waals surface area contributed by atoms with E-state index in [0.29, 0.717) is 17.1 Å². The highest BCUT2D eigenvalue weighted by atomic mass is 32.1. The van der Waals surface area contributed by atoms with Crippen LogP contribution in [0.2, 0.25) is 0 Å². The molecule has 2 aromatic heterocycles. The zero-order chi connectivity index (χ0) is 15.2. The van der Waals surface area contributed by atoms with Gasteiger partial charge in [0.2, 0.25) is 0 Å². The van der Waals surface area contributed by atoms with Crippen molar-refractivity contribution in [2.75, 3.05) is 5.32 Å². The first-order chi connectivity index (χ1) is 10.1. The molecule has 0 fully saturated rings. The summed E-state index contributed by atoms with van der Waals surface area (Å²) in [6, 6.07) is 4.21. The van der Waals surface area contributed by atoms with E-state index in [1.165, 1.54) is 0 Å². The van der Waals surface area contributed by atoms with Gasteiger partial charge in [-0.15, -0.1) is 0 Å². The van der Waals surface area contributed by atoms with Crippen LogP contribution >= 0.6 is 12.2 Å². The molecule has 0 spiro atoms. The zero-order valence-corrected chi connectivity index (χ0v) is 13.4. The summed E-state index contributed by atoms with van der Waals surface area (Å²) >= 11 is 5.33. The van der Waals surface area contributed by atoms with Crippen molar-refractivity contribution in [2.24, 2.45) is 5.92 Å². The van der Waals surface area contributed by atoms with E-state index in [9.17, 15) is 0 Å². The maximum absolute atomic E-state index is 5.33. The Morgan fingerprint density at radius 3 is 2.76 bits per heavy atom. The highest BCUT2D eigenvalue weighted by Crippen LogP contribution is 2.10. The van der Waals surface area contributed by atoms with E-state index < -0.39 is 0 Å². The van der Waals surface area contributed by atoms with Crippen molar-refractivity contribution in [3.8, 4) is 5.82 Å². The summed E-state index contributed by atoms with van der Waals surface area (Å²) in [5.41, 5.74) is 0.868. The molecule has 0 saturated carbocycles. The van der Waals surface area contributed by atoms with Gasteiger partial charge < -0.3 is 10.6 Å². The predicted octanol–water partition coefficient (Wildman–Crippen LogP) is 2.99. The lowest BCUT2D eigenvalue weighted by atomic mass is 10.0. The number of aromatic nitrogens is 3. The number of nitrogens with zero attached hydrogens (tertiary/aromatic N) is 3. The van der Waals surface area contributed by atoms with Gasteiger partial charge in [0.05, 0.1) is 11.9 Å². The van der Waals surface area contributed by atoms with Crippen LogP contribution in [0, 0.1) is 5.92 Å². The van der Waals surface area contributed by atoms with E-state index >= 15 is 0 Å². The second-order valence-corrected chi connectivity index (χ2v) is 5.56. The van der Waals surface area contributed by atoms with Crippen LogP contribution in [0.4, 0.5) is 5.69 Å². The van der Waals surface area contributed by atoms with Crippen molar-refractivity contribution in [3.05, 3.63) is 37.1 Å². The fraction of sp³-hybridized carbons (Fsp3) is 0.400. The van der Waals surface area contributed by atoms with Crippen molar-refractivity contribution >= 4 is 23.0 Å². The van der Waals surface area contributed by atoms with Gasteiger partial charge in [0, 0.05) is 18.4 Å². The molecule has 2 unspecified atom stereocenters. The monoisotopic (exact) mass is 303 g/mol. The maximum Gasteiger partial charge on any atom is 0.171 e. The summed E-state index contributed by atoms with van der Waals surface area (Å²) in [4.78, 5) is 8.38. The third-order valence-corrected chi connectivity index (χ3v) is 3.85. The molecule has 0 saturated heterocycles. The van der Waals surface area contributed by atoms with E-state index in [2.05, 4.69) is 41.4 Å². The fourth-order valence-corrected chi connectivity index (χ4v) is 2.18. The Morgan fingerprint density at radius 2 is 2.19 bits per heavy atom. The molecule has 21 heavy (non-hydrogen) atoms. The van der Waals surface area contributed by atoms with Crippen molar-refractivity contribution < 1.29 is 0 Å². The molecule has 0 aliphatic carbocycles. The van der Waals surface area contributed by atoms with Gasteiger partial charge in [0.15, 0.2) is 5.11 Å². The summed E-state index contributed by atoms with van der Waals surface area (Å²) < 4.78 is 1.85. The van der Waals surface area contributed by atoms with Gasteiger partial charge in [0.25, 0.3) is 0 Å². The minimum absolute atomic E-state index is 0.341. The first-order valence-electron chi connectivity index (χ1n) is 7.12. The average Bonchev–Trinajstić information content (AvgIpc) is 3.01. The molecule has 5 nitrogen and oxygen atoms in total. The average molecular weight is 303 g/mol. The summed E-state index contributed by atoms with van der Waals surface area (Å²) in [6.45, 7) is 6.53. The van der Waals surface area contributed by atoms with Gasteiger partial charge in [-0.1, -0.05) is 20.3 Å². The van der Waals surface area contributed by atoms with Gasteiger partial charge in [-0.3, -0.25) is 4.57 Å². The van der Waals surface area contributed by atoms with Crippen LogP contribution in [-0.2, 0) is 0 Å². The van der Waals surface area contributed by atoms with Crippen molar-refractivity contribution in [3.63, 3.8) is 0 Å².